The van der Waals surface area contributed by atoms with Crippen molar-refractivity contribution in [3.05, 3.63) is 80.8 Å². The van der Waals surface area contributed by atoms with Gasteiger partial charge in [0, 0.05) is 16.0 Å². The second-order valence-electron chi connectivity index (χ2n) is 11.3. The second kappa shape index (κ2) is 10.3. The van der Waals surface area contributed by atoms with Gasteiger partial charge in [-0.25, -0.2) is 14.8 Å². The fourth-order valence-electron chi connectivity index (χ4n) is 5.18. The fraction of sp³-hybridized carbons (Fsp3) is 0.281. The van der Waals surface area contributed by atoms with Crippen molar-refractivity contribution in [3.8, 4) is 33.2 Å². The van der Waals surface area contributed by atoms with Crippen molar-refractivity contribution in [3.63, 3.8) is 0 Å². The summed E-state index contributed by atoms with van der Waals surface area (Å²) in [5.74, 6) is 0.482. The van der Waals surface area contributed by atoms with Crippen molar-refractivity contribution in [2.45, 2.75) is 59.9 Å². The molecule has 210 valence electrons. The maximum absolute atomic E-state index is 12.5. The van der Waals surface area contributed by atoms with Gasteiger partial charge in [-0.2, -0.15) is 0 Å². The molecule has 7 nitrogen and oxygen atoms in total. The van der Waals surface area contributed by atoms with Gasteiger partial charge in [-0.15, -0.1) is 11.3 Å². The Balaban J connectivity index is 1.32. The van der Waals surface area contributed by atoms with Crippen LogP contribution < -0.4 is 0 Å². The molecule has 0 radical (unpaired) electrons. The zero-order chi connectivity index (χ0) is 29.1. The lowest BCUT2D eigenvalue weighted by molar-refractivity contribution is 0.0241. The number of thiazole rings is 1. The molecule has 41 heavy (non-hydrogen) atoms. The first kappa shape index (κ1) is 27.4. The molecule has 0 spiro atoms. The molecule has 0 bridgehead atoms. The molecule has 1 N–H and O–H groups in total. The van der Waals surface area contributed by atoms with Gasteiger partial charge in [0.05, 0.1) is 30.4 Å². The van der Waals surface area contributed by atoms with Crippen molar-refractivity contribution >= 4 is 40.1 Å². The van der Waals surface area contributed by atoms with Crippen LogP contribution in [-0.2, 0) is 24.4 Å². The van der Waals surface area contributed by atoms with Gasteiger partial charge in [0.15, 0.2) is 5.58 Å². The van der Waals surface area contributed by atoms with E-state index in [0.717, 1.165) is 49.0 Å². The van der Waals surface area contributed by atoms with Gasteiger partial charge in [0.2, 0.25) is 5.89 Å². The van der Waals surface area contributed by atoms with E-state index in [1.165, 1.54) is 0 Å². The Kier molecular flexibility index (Phi) is 6.88. The van der Waals surface area contributed by atoms with Crippen molar-refractivity contribution in [1.29, 1.82) is 0 Å². The summed E-state index contributed by atoms with van der Waals surface area (Å²) in [4.78, 5) is 25.0. The van der Waals surface area contributed by atoms with Crippen LogP contribution >= 0.6 is 22.9 Å². The lowest BCUT2D eigenvalue weighted by atomic mass is 9.91. The number of nitrogens with zero attached hydrogens (tertiary/aromatic N) is 3. The zero-order valence-electron chi connectivity index (χ0n) is 23.5. The molecule has 1 aliphatic rings. The third-order valence-corrected chi connectivity index (χ3v) is 8.61. The Morgan fingerprint density at radius 2 is 1.68 bits per heavy atom. The Morgan fingerprint density at radius 1 is 1.02 bits per heavy atom. The quantitative estimate of drug-likeness (QED) is 0.227. The van der Waals surface area contributed by atoms with Crippen molar-refractivity contribution < 1.29 is 19.1 Å². The normalized spacial score (nSPS) is 13.2. The number of carbonyl (C=O) groups excluding carboxylic acids is 1. The molecule has 3 heterocycles. The minimum absolute atomic E-state index is 0.119. The monoisotopic (exact) mass is 587 g/mol. The topological polar surface area (TPSA) is 88.7 Å². The fourth-order valence-corrected chi connectivity index (χ4v) is 6.63. The van der Waals surface area contributed by atoms with Gasteiger partial charge in [-0.05, 0) is 80.6 Å². The van der Waals surface area contributed by atoms with Crippen LogP contribution in [0.15, 0.2) is 52.9 Å². The van der Waals surface area contributed by atoms with E-state index in [1.807, 2.05) is 32.9 Å². The molecular formula is C32H30ClN3O4S. The molecule has 5 aromatic rings. The van der Waals surface area contributed by atoms with Crippen LogP contribution in [0.2, 0.25) is 5.02 Å². The number of aliphatic hydroxyl groups excluding tert-OH is 1. The highest BCUT2D eigenvalue weighted by Crippen LogP contribution is 2.40. The Hall–Kier alpha value is -3.72. The van der Waals surface area contributed by atoms with Gasteiger partial charge in [0.1, 0.15) is 16.1 Å². The molecule has 0 saturated heterocycles. The van der Waals surface area contributed by atoms with Crippen molar-refractivity contribution in [1.82, 2.24) is 14.9 Å². The maximum Gasteiger partial charge on any atom is 0.410 e. The maximum atomic E-state index is 12.5. The minimum Gasteiger partial charge on any atom is -0.444 e. The lowest BCUT2D eigenvalue weighted by Gasteiger charge is -2.24. The minimum atomic E-state index is -0.532. The molecule has 2 aromatic heterocycles. The van der Waals surface area contributed by atoms with Gasteiger partial charge in [-0.1, -0.05) is 41.9 Å². The number of aliphatic hydroxyl groups is 1. The molecule has 0 unspecified atom stereocenters. The molecule has 1 amide bonds. The van der Waals surface area contributed by atoms with Crippen molar-refractivity contribution in [2.75, 3.05) is 0 Å². The van der Waals surface area contributed by atoms with Gasteiger partial charge in [-0.3, -0.25) is 4.90 Å². The first-order valence-corrected chi connectivity index (χ1v) is 14.6. The van der Waals surface area contributed by atoms with Gasteiger partial charge < -0.3 is 14.3 Å². The van der Waals surface area contributed by atoms with Crippen LogP contribution in [0.3, 0.4) is 0 Å². The van der Waals surface area contributed by atoms with E-state index < -0.39 is 5.60 Å². The molecule has 9 heteroatoms. The number of benzene rings is 3. The molecule has 1 aliphatic heterocycles. The summed E-state index contributed by atoms with van der Waals surface area (Å²) in [5, 5.41) is 10.9. The number of oxazole rings is 1. The summed E-state index contributed by atoms with van der Waals surface area (Å²) < 4.78 is 11.6. The molecule has 0 atom stereocenters. The highest BCUT2D eigenvalue weighted by molar-refractivity contribution is 7.15. The third-order valence-electron chi connectivity index (χ3n) is 7.21. The van der Waals surface area contributed by atoms with Crippen LogP contribution in [-0.4, -0.2) is 31.7 Å². The number of fused-ring (bicyclic) bond motifs is 2. The standard InChI is InChI=1S/C32H30ClN3O4S/c1-17-20(8-6-10-22(17)29-34-25-13-19(16-37)12-24(33)28(25)39-29)21-9-7-11-23(18(21)2)30-35-26-14-36(15-27(26)41-30)31(38)40-32(3,4)5/h6-13,37H,14-16H2,1-5H3. The summed E-state index contributed by atoms with van der Waals surface area (Å²) in [5.41, 5.74) is 8.48. The molecule has 0 fully saturated rings. The van der Waals surface area contributed by atoms with E-state index in [4.69, 9.17) is 30.7 Å². The lowest BCUT2D eigenvalue weighted by Crippen LogP contribution is -2.33. The van der Waals surface area contributed by atoms with Gasteiger partial charge in [0.25, 0.3) is 0 Å². The van der Waals surface area contributed by atoms with E-state index in [1.54, 1.807) is 28.4 Å². The van der Waals surface area contributed by atoms with Crippen LogP contribution in [0, 0.1) is 13.8 Å². The molecule has 0 saturated carbocycles. The molecule has 0 aliphatic carbocycles. The molecule has 3 aromatic carbocycles. The second-order valence-corrected chi connectivity index (χ2v) is 12.8. The van der Waals surface area contributed by atoms with E-state index in [0.29, 0.717) is 40.7 Å². The Bertz CT molecular complexity index is 1790. The van der Waals surface area contributed by atoms with E-state index in [9.17, 15) is 9.90 Å². The average Bonchev–Trinajstić information content (AvgIpc) is 3.62. The Morgan fingerprint density at radius 3 is 2.34 bits per heavy atom. The smallest absolute Gasteiger partial charge is 0.410 e. The van der Waals surface area contributed by atoms with Crippen LogP contribution in [0.4, 0.5) is 4.79 Å². The van der Waals surface area contributed by atoms with Gasteiger partial charge >= 0.3 is 6.09 Å². The number of amides is 1. The predicted octanol–water partition coefficient (Wildman–Crippen LogP) is 8.30. The van der Waals surface area contributed by atoms with Crippen LogP contribution in [0.5, 0.6) is 0 Å². The van der Waals surface area contributed by atoms with Crippen LogP contribution in [0.1, 0.15) is 48.0 Å². The average molecular weight is 588 g/mol. The summed E-state index contributed by atoms with van der Waals surface area (Å²) in [7, 11) is 0. The summed E-state index contributed by atoms with van der Waals surface area (Å²) in [6.45, 7) is 10.6. The summed E-state index contributed by atoms with van der Waals surface area (Å²) >= 11 is 8.03. The van der Waals surface area contributed by atoms with Crippen LogP contribution in [0.25, 0.3) is 44.3 Å². The zero-order valence-corrected chi connectivity index (χ0v) is 25.1. The number of carbonyl (C=O) groups is 1. The highest BCUT2D eigenvalue weighted by Gasteiger charge is 2.31. The number of halogens is 1. The Labute approximate surface area is 247 Å². The largest absolute Gasteiger partial charge is 0.444 e. The number of hydrogen-bond donors (Lipinski definition) is 1. The molecular weight excluding hydrogens is 558 g/mol. The van der Waals surface area contributed by atoms with Crippen molar-refractivity contribution in [2.24, 2.45) is 0 Å². The van der Waals surface area contributed by atoms with E-state index >= 15 is 0 Å². The number of rotatable bonds is 4. The number of hydrogen-bond acceptors (Lipinski definition) is 7. The molecule has 6 rings (SSSR count). The first-order valence-electron chi connectivity index (χ1n) is 13.4. The first-order chi connectivity index (χ1) is 19.5. The SMILES string of the molecule is Cc1c(-c2nc3cc(CO)cc(Cl)c3o2)cccc1-c1cccc(-c2nc3c(s2)CN(C(=O)OC(C)(C)C)C3)c1C. The predicted molar refractivity (Wildman–Crippen MR) is 162 cm³/mol. The number of ether oxygens (including phenoxy) is 1. The number of aromatic nitrogens is 2. The third kappa shape index (κ3) is 5.12. The van der Waals surface area contributed by atoms with E-state index in [-0.39, 0.29) is 12.7 Å². The van der Waals surface area contributed by atoms with E-state index in [2.05, 4.69) is 38.1 Å². The summed E-state index contributed by atoms with van der Waals surface area (Å²) in [6, 6.07) is 15.9. The highest BCUT2D eigenvalue weighted by atomic mass is 35.5. The summed E-state index contributed by atoms with van der Waals surface area (Å²) in [6.07, 6.45) is -0.312.